The van der Waals surface area contributed by atoms with Gasteiger partial charge in [-0.15, -0.1) is 0 Å². The fourth-order valence-electron chi connectivity index (χ4n) is 5.60. The van der Waals surface area contributed by atoms with Crippen molar-refractivity contribution >= 4 is 27.6 Å². The van der Waals surface area contributed by atoms with Gasteiger partial charge in [0.1, 0.15) is 17.6 Å². The fourth-order valence-corrected chi connectivity index (χ4v) is 6.79. The number of methoxy groups -OCH3 is 1. The molecular weight excluding hydrogens is 572 g/mol. The predicted octanol–water partition coefficient (Wildman–Crippen LogP) is 3.62. The van der Waals surface area contributed by atoms with Crippen LogP contribution in [0.2, 0.25) is 0 Å². The van der Waals surface area contributed by atoms with Crippen molar-refractivity contribution in [3.05, 3.63) is 48.0 Å². The molecule has 0 aromatic heterocycles. The third-order valence-corrected chi connectivity index (χ3v) is 10.2. The molecule has 1 saturated carbocycles. The number of carbonyl (C=O) groups excluding carboxylic acids is 2. The largest absolute Gasteiger partial charge is 0.497 e. The molecule has 3 N–H and O–H groups in total. The summed E-state index contributed by atoms with van der Waals surface area (Å²) < 4.78 is 39.7. The number of nitrogens with zero attached hydrogens (tertiary/aromatic N) is 2. The summed E-state index contributed by atoms with van der Waals surface area (Å²) in [5.74, 6) is 0.519. The second kappa shape index (κ2) is 14.4. The zero-order chi connectivity index (χ0) is 31.1. The Balaban J connectivity index is 1.59. The van der Waals surface area contributed by atoms with E-state index < -0.39 is 22.2 Å². The highest BCUT2D eigenvalue weighted by molar-refractivity contribution is 7.89. The Bertz CT molecular complexity index is 1360. The molecule has 1 aliphatic carbocycles. The zero-order valence-corrected chi connectivity index (χ0v) is 26.2. The predicted molar refractivity (Wildman–Crippen MR) is 164 cm³/mol. The van der Waals surface area contributed by atoms with Crippen LogP contribution in [0.4, 0.5) is 10.5 Å². The first-order chi connectivity index (χ1) is 20.5. The number of sulfonamides is 1. The van der Waals surface area contributed by atoms with E-state index in [-0.39, 0.29) is 54.9 Å². The molecule has 2 aliphatic rings. The lowest BCUT2D eigenvalue weighted by atomic mass is 9.96. The number of amides is 3. The summed E-state index contributed by atoms with van der Waals surface area (Å²) in [5.41, 5.74) is 1.09. The minimum Gasteiger partial charge on any atom is -0.497 e. The molecule has 12 heteroatoms. The van der Waals surface area contributed by atoms with E-state index in [1.54, 1.807) is 42.2 Å². The number of rotatable bonds is 9. The molecule has 43 heavy (non-hydrogen) atoms. The van der Waals surface area contributed by atoms with Gasteiger partial charge in [0.25, 0.3) is 0 Å². The van der Waals surface area contributed by atoms with Gasteiger partial charge in [-0.1, -0.05) is 26.2 Å². The number of nitrogens with one attached hydrogen (secondary N) is 2. The van der Waals surface area contributed by atoms with Crippen LogP contribution in [0, 0.1) is 5.92 Å². The molecule has 0 unspecified atom stereocenters. The fraction of sp³-hybridized carbons (Fsp3) is 0.548. The van der Waals surface area contributed by atoms with Gasteiger partial charge in [0.05, 0.1) is 37.6 Å². The first-order valence-corrected chi connectivity index (χ1v) is 16.3. The van der Waals surface area contributed by atoms with Gasteiger partial charge >= 0.3 is 6.03 Å². The molecule has 1 fully saturated rings. The average molecular weight is 617 g/mol. The molecule has 0 radical (unpaired) electrons. The lowest BCUT2D eigenvalue weighted by molar-refractivity contribution is -0.134. The van der Waals surface area contributed by atoms with Crippen molar-refractivity contribution in [3.8, 4) is 11.5 Å². The Labute approximate surface area is 254 Å². The van der Waals surface area contributed by atoms with E-state index in [0.717, 1.165) is 25.7 Å². The molecule has 2 aromatic carbocycles. The van der Waals surface area contributed by atoms with E-state index in [9.17, 15) is 23.1 Å². The van der Waals surface area contributed by atoms with Crippen LogP contribution in [-0.4, -0.2) is 86.7 Å². The van der Waals surface area contributed by atoms with Gasteiger partial charge in [-0.3, -0.25) is 4.79 Å². The van der Waals surface area contributed by atoms with Crippen molar-refractivity contribution in [1.29, 1.82) is 0 Å². The van der Waals surface area contributed by atoms with Crippen LogP contribution in [-0.2, 0) is 21.2 Å². The Hall–Kier alpha value is -3.35. The van der Waals surface area contributed by atoms with Crippen molar-refractivity contribution < 1.29 is 32.6 Å². The molecular formula is C31H44N4O7S. The molecule has 3 atom stereocenters. The number of carbonyl (C=O) groups is 2. The van der Waals surface area contributed by atoms with Gasteiger partial charge in [-0.25, -0.2) is 13.2 Å². The molecule has 1 heterocycles. The van der Waals surface area contributed by atoms with E-state index in [1.807, 2.05) is 6.92 Å². The summed E-state index contributed by atoms with van der Waals surface area (Å²) in [6.07, 6.45) is 4.68. The summed E-state index contributed by atoms with van der Waals surface area (Å²) in [6, 6.07) is 10.7. The molecule has 1 aliphatic heterocycles. The average Bonchev–Trinajstić information content (AvgIpc) is 3.04. The SMILES string of the molecule is COc1ccc(S(=O)(=O)N(C)C[C@H]2Oc3ccc(NC(=O)NC4CCCCC4)cc3CC(=O)N([C@@H](C)CO)C[C@@H]2C)cc1. The summed E-state index contributed by atoms with van der Waals surface area (Å²) in [4.78, 5) is 27.9. The van der Waals surface area contributed by atoms with Crippen LogP contribution in [0.25, 0.3) is 0 Å². The van der Waals surface area contributed by atoms with E-state index >= 15 is 0 Å². The number of hydrogen-bond acceptors (Lipinski definition) is 7. The van der Waals surface area contributed by atoms with Gasteiger partial charge < -0.3 is 30.1 Å². The Morgan fingerprint density at radius 3 is 2.51 bits per heavy atom. The van der Waals surface area contributed by atoms with Crippen LogP contribution in [0.3, 0.4) is 0 Å². The first-order valence-electron chi connectivity index (χ1n) is 14.9. The molecule has 11 nitrogen and oxygen atoms in total. The maximum atomic E-state index is 13.5. The Morgan fingerprint density at radius 1 is 1.16 bits per heavy atom. The number of urea groups is 1. The Morgan fingerprint density at radius 2 is 1.86 bits per heavy atom. The number of hydrogen-bond donors (Lipinski definition) is 3. The van der Waals surface area contributed by atoms with Crippen molar-refractivity contribution in [3.63, 3.8) is 0 Å². The summed E-state index contributed by atoms with van der Waals surface area (Å²) in [6.45, 7) is 3.75. The maximum absolute atomic E-state index is 13.5. The highest BCUT2D eigenvalue weighted by Crippen LogP contribution is 2.30. The highest BCUT2D eigenvalue weighted by atomic mass is 32.2. The summed E-state index contributed by atoms with van der Waals surface area (Å²) in [5, 5.41) is 15.8. The van der Waals surface area contributed by atoms with E-state index in [0.29, 0.717) is 22.7 Å². The van der Waals surface area contributed by atoms with E-state index in [1.165, 1.54) is 37.0 Å². The molecule has 3 amide bonds. The van der Waals surface area contributed by atoms with E-state index in [4.69, 9.17) is 9.47 Å². The van der Waals surface area contributed by atoms with Crippen molar-refractivity contribution in [2.24, 2.45) is 5.92 Å². The number of ether oxygens (including phenoxy) is 2. The highest BCUT2D eigenvalue weighted by Gasteiger charge is 2.33. The minimum absolute atomic E-state index is 0.00113. The monoisotopic (exact) mass is 616 g/mol. The maximum Gasteiger partial charge on any atom is 0.319 e. The summed E-state index contributed by atoms with van der Waals surface area (Å²) >= 11 is 0. The number of likely N-dealkylation sites (N-methyl/N-ethyl adjacent to an activating group) is 1. The van der Waals surface area contributed by atoms with Crippen LogP contribution in [0.1, 0.15) is 51.5 Å². The number of benzene rings is 2. The molecule has 0 spiro atoms. The second-order valence-corrected chi connectivity index (χ2v) is 13.6. The number of anilines is 1. The third kappa shape index (κ3) is 8.18. The van der Waals surface area contributed by atoms with Crippen LogP contribution in [0.15, 0.2) is 47.4 Å². The number of aliphatic hydroxyl groups excluding tert-OH is 1. The topological polar surface area (TPSA) is 138 Å². The van der Waals surface area contributed by atoms with Crippen molar-refractivity contribution in [1.82, 2.24) is 14.5 Å². The van der Waals surface area contributed by atoms with Crippen LogP contribution >= 0.6 is 0 Å². The third-order valence-electron chi connectivity index (χ3n) is 8.32. The standard InChI is InChI=1S/C31H44N4O7S/c1-21-18-35(22(2)20-36)30(37)17-23-16-25(33-31(38)32-24-8-6-5-7-9-24)10-15-28(23)42-29(21)19-34(3)43(39,40)27-13-11-26(41-4)12-14-27/h10-16,21-22,24,29,36H,5-9,17-20H2,1-4H3,(H2,32,33,38)/t21-,22-,29+/m0/s1. The number of aliphatic hydroxyl groups is 1. The molecule has 2 aromatic rings. The first kappa shape index (κ1) is 32.6. The smallest absolute Gasteiger partial charge is 0.319 e. The minimum atomic E-state index is -3.85. The quantitative estimate of drug-likeness (QED) is 0.391. The van der Waals surface area contributed by atoms with Gasteiger partial charge in [-0.2, -0.15) is 4.31 Å². The summed E-state index contributed by atoms with van der Waals surface area (Å²) in [7, 11) is -0.835. The number of fused-ring (bicyclic) bond motifs is 1. The molecule has 0 bridgehead atoms. The zero-order valence-electron chi connectivity index (χ0n) is 25.4. The Kier molecular flexibility index (Phi) is 10.9. The van der Waals surface area contributed by atoms with Gasteiger partial charge in [0, 0.05) is 36.8 Å². The van der Waals surface area contributed by atoms with Crippen molar-refractivity contribution in [2.75, 3.05) is 39.2 Å². The van der Waals surface area contributed by atoms with Gasteiger partial charge in [0.15, 0.2) is 0 Å². The lowest BCUT2D eigenvalue weighted by Gasteiger charge is -2.33. The molecule has 4 rings (SSSR count). The van der Waals surface area contributed by atoms with Gasteiger partial charge in [-0.05, 0) is 62.2 Å². The van der Waals surface area contributed by atoms with Crippen molar-refractivity contribution in [2.45, 2.75) is 75.5 Å². The normalized spacial score (nSPS) is 20.7. The van der Waals surface area contributed by atoms with Crippen LogP contribution in [0.5, 0.6) is 11.5 Å². The lowest BCUT2D eigenvalue weighted by Crippen LogP contribution is -2.48. The van der Waals surface area contributed by atoms with Crippen LogP contribution < -0.4 is 20.1 Å². The van der Waals surface area contributed by atoms with E-state index in [2.05, 4.69) is 10.6 Å². The molecule has 236 valence electrons. The second-order valence-electron chi connectivity index (χ2n) is 11.6. The van der Waals surface area contributed by atoms with Gasteiger partial charge in [0.2, 0.25) is 15.9 Å². The molecule has 0 saturated heterocycles.